The summed E-state index contributed by atoms with van der Waals surface area (Å²) in [5.41, 5.74) is 2.98. The summed E-state index contributed by atoms with van der Waals surface area (Å²) in [5, 5.41) is 19.0. The lowest BCUT2D eigenvalue weighted by atomic mass is 10.0. The smallest absolute Gasteiger partial charge is 0.328 e. The van der Waals surface area contributed by atoms with Crippen LogP contribution in [-0.4, -0.2) is 28.7 Å². The molecule has 1 aromatic rings. The first-order valence-electron chi connectivity index (χ1n) is 5.51. The van der Waals surface area contributed by atoms with E-state index in [1.807, 2.05) is 0 Å². The van der Waals surface area contributed by atoms with Crippen LogP contribution in [0.15, 0.2) is 36.4 Å². The number of aliphatic carboxylic acids is 2. The number of rotatable bonds is 2. The van der Waals surface area contributed by atoms with Crippen LogP contribution in [0.1, 0.15) is 11.1 Å². The highest BCUT2D eigenvalue weighted by Gasteiger charge is 2.05. The van der Waals surface area contributed by atoms with Gasteiger partial charge in [0, 0.05) is 18.7 Å². The summed E-state index contributed by atoms with van der Waals surface area (Å²) >= 11 is 0. The summed E-state index contributed by atoms with van der Waals surface area (Å²) in [6.07, 6.45) is 2.31. The van der Waals surface area contributed by atoms with Gasteiger partial charge in [0.1, 0.15) is 0 Å². The predicted molar refractivity (Wildman–Crippen MR) is 66.3 cm³/mol. The van der Waals surface area contributed by atoms with E-state index in [9.17, 15) is 9.59 Å². The number of benzene rings is 1. The van der Waals surface area contributed by atoms with Crippen LogP contribution >= 0.6 is 0 Å². The summed E-state index contributed by atoms with van der Waals surface area (Å²) in [4.78, 5) is 19.1. The molecule has 0 spiro atoms. The Morgan fingerprint density at radius 1 is 1.06 bits per heavy atom. The zero-order valence-corrected chi connectivity index (χ0v) is 9.80. The van der Waals surface area contributed by atoms with Crippen LogP contribution in [-0.2, 0) is 22.6 Å². The van der Waals surface area contributed by atoms with E-state index in [2.05, 4.69) is 29.6 Å². The van der Waals surface area contributed by atoms with Crippen molar-refractivity contribution in [3.63, 3.8) is 0 Å². The largest absolute Gasteiger partial charge is 0.478 e. The fourth-order valence-electron chi connectivity index (χ4n) is 1.56. The third-order valence-electron chi connectivity index (χ3n) is 2.37. The lowest BCUT2D eigenvalue weighted by Gasteiger charge is -2.15. The molecule has 0 saturated carbocycles. The molecule has 1 aromatic carbocycles. The van der Waals surface area contributed by atoms with Crippen molar-refractivity contribution < 1.29 is 19.8 Å². The van der Waals surface area contributed by atoms with E-state index in [1.165, 1.54) is 17.5 Å². The molecule has 1 aliphatic rings. The molecule has 0 fully saturated rings. The fourth-order valence-corrected chi connectivity index (χ4v) is 1.56. The molecule has 0 aromatic heterocycles. The maximum absolute atomic E-state index is 9.55. The molecule has 1 aliphatic heterocycles. The number of hydrogen-bond donors (Lipinski definition) is 3. The van der Waals surface area contributed by atoms with Gasteiger partial charge in [0.15, 0.2) is 0 Å². The van der Waals surface area contributed by atoms with Crippen molar-refractivity contribution in [3.05, 3.63) is 47.5 Å². The molecule has 5 nitrogen and oxygen atoms in total. The van der Waals surface area contributed by atoms with Crippen molar-refractivity contribution in [2.75, 3.05) is 6.54 Å². The number of carboxylic acid groups (broad SMARTS) is 2. The Balaban J connectivity index is 0.000000187. The second-order valence-corrected chi connectivity index (χ2v) is 3.71. The second kappa shape index (κ2) is 7.24. The molecule has 0 amide bonds. The highest BCUT2D eigenvalue weighted by atomic mass is 16.4. The molecular weight excluding hydrogens is 234 g/mol. The van der Waals surface area contributed by atoms with Crippen molar-refractivity contribution in [3.8, 4) is 0 Å². The van der Waals surface area contributed by atoms with Gasteiger partial charge in [0.2, 0.25) is 0 Å². The standard InChI is InChI=1S/C9H11N.C4H4O4/c1-2-4-9-7-10-6-5-8(9)3-1;5-3(6)1-2-4(7)8/h1-4,10H,5-7H2;1-2H,(H,5,6)(H,7,8)/b;2-1+. The van der Waals surface area contributed by atoms with Gasteiger partial charge in [0.05, 0.1) is 0 Å². The van der Waals surface area contributed by atoms with Gasteiger partial charge in [-0.1, -0.05) is 24.3 Å². The molecule has 0 bridgehead atoms. The van der Waals surface area contributed by atoms with E-state index in [0.29, 0.717) is 12.2 Å². The maximum atomic E-state index is 9.55. The topological polar surface area (TPSA) is 86.6 Å². The van der Waals surface area contributed by atoms with Gasteiger partial charge in [-0.25, -0.2) is 9.59 Å². The summed E-state index contributed by atoms with van der Waals surface area (Å²) in [6.45, 7) is 2.19. The Labute approximate surface area is 105 Å². The Morgan fingerprint density at radius 2 is 1.61 bits per heavy atom. The van der Waals surface area contributed by atoms with Crippen LogP contribution < -0.4 is 5.32 Å². The van der Waals surface area contributed by atoms with Crippen molar-refractivity contribution >= 4 is 11.9 Å². The number of hydrogen-bond acceptors (Lipinski definition) is 3. The Morgan fingerprint density at radius 3 is 2.11 bits per heavy atom. The summed E-state index contributed by atoms with van der Waals surface area (Å²) in [5.74, 6) is -2.51. The molecular formula is C13H15NO4. The van der Waals surface area contributed by atoms with E-state index < -0.39 is 11.9 Å². The van der Waals surface area contributed by atoms with E-state index >= 15 is 0 Å². The molecule has 96 valence electrons. The lowest BCUT2D eigenvalue weighted by molar-refractivity contribution is -0.134. The van der Waals surface area contributed by atoms with Crippen LogP contribution in [0.3, 0.4) is 0 Å². The first kappa shape index (κ1) is 13.9. The minimum atomic E-state index is -1.26. The average molecular weight is 249 g/mol. The Hall–Kier alpha value is -2.14. The van der Waals surface area contributed by atoms with Gasteiger partial charge in [-0.3, -0.25) is 0 Å². The molecule has 0 aliphatic carbocycles. The zero-order valence-electron chi connectivity index (χ0n) is 9.80. The average Bonchev–Trinajstić information content (AvgIpc) is 2.37. The summed E-state index contributed by atoms with van der Waals surface area (Å²) in [6, 6.07) is 8.63. The number of fused-ring (bicyclic) bond motifs is 1. The third kappa shape index (κ3) is 5.27. The van der Waals surface area contributed by atoms with Crippen LogP contribution in [0.5, 0.6) is 0 Å². The van der Waals surface area contributed by atoms with Crippen molar-refractivity contribution in [2.45, 2.75) is 13.0 Å². The predicted octanol–water partition coefficient (Wildman–Crippen LogP) is 1.04. The molecule has 2 rings (SSSR count). The van der Waals surface area contributed by atoms with Gasteiger partial charge in [-0.2, -0.15) is 0 Å². The van der Waals surface area contributed by atoms with Gasteiger partial charge < -0.3 is 15.5 Å². The highest BCUT2D eigenvalue weighted by Crippen LogP contribution is 2.11. The van der Waals surface area contributed by atoms with Crippen LogP contribution in [0.2, 0.25) is 0 Å². The van der Waals surface area contributed by atoms with Crippen LogP contribution in [0.4, 0.5) is 0 Å². The minimum absolute atomic E-state index is 0.558. The third-order valence-corrected chi connectivity index (χ3v) is 2.37. The maximum Gasteiger partial charge on any atom is 0.328 e. The van der Waals surface area contributed by atoms with Gasteiger partial charge in [0.25, 0.3) is 0 Å². The zero-order chi connectivity index (χ0) is 13.4. The molecule has 1 heterocycles. The normalized spacial score (nSPS) is 13.3. The van der Waals surface area contributed by atoms with Gasteiger partial charge >= 0.3 is 11.9 Å². The molecule has 0 unspecified atom stereocenters. The van der Waals surface area contributed by atoms with Gasteiger partial charge in [-0.15, -0.1) is 0 Å². The molecule has 0 radical (unpaired) electrons. The summed E-state index contributed by atoms with van der Waals surface area (Å²) < 4.78 is 0. The van der Waals surface area contributed by atoms with E-state index in [4.69, 9.17) is 10.2 Å². The monoisotopic (exact) mass is 249 g/mol. The highest BCUT2D eigenvalue weighted by molar-refractivity contribution is 5.89. The van der Waals surface area contributed by atoms with E-state index in [1.54, 1.807) is 0 Å². The first-order chi connectivity index (χ1) is 8.59. The lowest BCUT2D eigenvalue weighted by Crippen LogP contribution is -2.23. The van der Waals surface area contributed by atoms with Crippen LogP contribution in [0, 0.1) is 0 Å². The number of carboxylic acids is 2. The molecule has 0 atom stereocenters. The second-order valence-electron chi connectivity index (χ2n) is 3.71. The minimum Gasteiger partial charge on any atom is -0.478 e. The number of nitrogens with one attached hydrogen (secondary N) is 1. The van der Waals surface area contributed by atoms with E-state index in [-0.39, 0.29) is 0 Å². The Bertz CT molecular complexity index is 413. The van der Waals surface area contributed by atoms with Crippen LogP contribution in [0.25, 0.3) is 0 Å². The first-order valence-corrected chi connectivity index (χ1v) is 5.51. The van der Waals surface area contributed by atoms with Crippen molar-refractivity contribution in [2.24, 2.45) is 0 Å². The summed E-state index contributed by atoms with van der Waals surface area (Å²) in [7, 11) is 0. The quantitative estimate of drug-likeness (QED) is 0.682. The molecule has 18 heavy (non-hydrogen) atoms. The van der Waals surface area contributed by atoms with Crippen molar-refractivity contribution in [1.29, 1.82) is 0 Å². The Kier molecular flexibility index (Phi) is 5.60. The molecule has 5 heteroatoms. The van der Waals surface area contributed by atoms with Crippen molar-refractivity contribution in [1.82, 2.24) is 5.32 Å². The van der Waals surface area contributed by atoms with Gasteiger partial charge in [-0.05, 0) is 24.1 Å². The SMILES string of the molecule is O=C(O)/C=C/C(=O)O.c1ccc2c(c1)CCNC2. The number of carbonyl (C=O) groups is 2. The molecule has 0 saturated heterocycles. The molecule has 3 N–H and O–H groups in total. The fraction of sp³-hybridized carbons (Fsp3) is 0.231. The van der Waals surface area contributed by atoms with E-state index in [0.717, 1.165) is 13.1 Å².